The molecule has 21 heavy (non-hydrogen) atoms. The summed E-state index contributed by atoms with van der Waals surface area (Å²) in [5.74, 6) is -0.218. The quantitative estimate of drug-likeness (QED) is 0.860. The van der Waals surface area contributed by atoms with Gasteiger partial charge in [-0.05, 0) is 67.5 Å². The van der Waals surface area contributed by atoms with Gasteiger partial charge in [-0.15, -0.1) is 0 Å². The Bertz CT molecular complexity index is 462. The van der Waals surface area contributed by atoms with Gasteiger partial charge in [0, 0.05) is 5.56 Å². The van der Waals surface area contributed by atoms with Crippen LogP contribution < -0.4 is 5.73 Å². The summed E-state index contributed by atoms with van der Waals surface area (Å²) >= 11 is 0. The highest BCUT2D eigenvalue weighted by atomic mass is 19.1. The predicted molar refractivity (Wildman–Crippen MR) is 83.0 cm³/mol. The summed E-state index contributed by atoms with van der Waals surface area (Å²) in [7, 11) is 0. The summed E-state index contributed by atoms with van der Waals surface area (Å²) in [5, 5.41) is 0. The first-order valence-electron chi connectivity index (χ1n) is 7.90. The van der Waals surface area contributed by atoms with Gasteiger partial charge in [0.2, 0.25) is 0 Å². The van der Waals surface area contributed by atoms with Crippen LogP contribution in [-0.2, 0) is 6.42 Å². The highest BCUT2D eigenvalue weighted by Gasteiger charge is 2.38. The van der Waals surface area contributed by atoms with E-state index in [1.165, 1.54) is 18.2 Å². The van der Waals surface area contributed by atoms with Crippen LogP contribution in [-0.4, -0.2) is 6.54 Å². The minimum Gasteiger partial charge on any atom is -0.330 e. The average Bonchev–Trinajstić information content (AvgIpc) is 2.43. The first-order valence-corrected chi connectivity index (χ1v) is 7.90. The zero-order valence-electron chi connectivity index (χ0n) is 13.4. The topological polar surface area (TPSA) is 26.0 Å². The fourth-order valence-electron chi connectivity index (χ4n) is 3.63. The van der Waals surface area contributed by atoms with Gasteiger partial charge >= 0.3 is 0 Å². The largest absolute Gasteiger partial charge is 0.330 e. The van der Waals surface area contributed by atoms with Crippen molar-refractivity contribution in [3.05, 3.63) is 35.4 Å². The molecular formula is C18H27F2N. The van der Waals surface area contributed by atoms with E-state index in [4.69, 9.17) is 5.73 Å². The lowest BCUT2D eigenvalue weighted by Gasteiger charge is -2.44. The lowest BCUT2D eigenvalue weighted by atomic mass is 9.62. The van der Waals surface area contributed by atoms with Crippen molar-refractivity contribution in [3.8, 4) is 0 Å². The molecule has 0 heterocycles. The van der Waals surface area contributed by atoms with E-state index in [1.54, 1.807) is 0 Å². The van der Waals surface area contributed by atoms with Crippen LogP contribution in [0.2, 0.25) is 0 Å². The van der Waals surface area contributed by atoms with Gasteiger partial charge in [0.15, 0.2) is 0 Å². The van der Waals surface area contributed by atoms with E-state index in [-0.39, 0.29) is 11.0 Å². The van der Waals surface area contributed by atoms with Crippen molar-refractivity contribution in [2.45, 2.75) is 52.9 Å². The van der Waals surface area contributed by atoms with Crippen molar-refractivity contribution in [1.82, 2.24) is 0 Å². The molecule has 1 aliphatic carbocycles. The van der Waals surface area contributed by atoms with Crippen LogP contribution in [0, 0.1) is 28.4 Å². The molecule has 0 radical (unpaired) electrons. The molecule has 2 rings (SSSR count). The van der Waals surface area contributed by atoms with Crippen molar-refractivity contribution < 1.29 is 8.78 Å². The van der Waals surface area contributed by atoms with Gasteiger partial charge in [-0.2, -0.15) is 0 Å². The van der Waals surface area contributed by atoms with Crippen LogP contribution in [0.4, 0.5) is 8.78 Å². The van der Waals surface area contributed by atoms with Gasteiger partial charge in [0.25, 0.3) is 0 Å². The lowest BCUT2D eigenvalue weighted by molar-refractivity contribution is 0.0913. The second-order valence-electron chi connectivity index (χ2n) is 7.72. The smallest absolute Gasteiger partial charge is 0.129 e. The van der Waals surface area contributed by atoms with Crippen LogP contribution >= 0.6 is 0 Å². The molecule has 1 saturated carbocycles. The molecule has 0 aliphatic heterocycles. The Kier molecular flexibility index (Phi) is 4.72. The van der Waals surface area contributed by atoms with Crippen molar-refractivity contribution in [2.75, 3.05) is 6.54 Å². The molecule has 0 unspecified atom stereocenters. The summed E-state index contributed by atoms with van der Waals surface area (Å²) < 4.78 is 27.8. The normalized spacial score (nSPS) is 26.9. The molecule has 1 aromatic rings. The standard InChI is InChI=1S/C18H27F2N/c1-17(2,3)13-7-9-18(12-21,10-8-13)11-14-15(19)5-4-6-16(14)20/h4-6,13H,7-12,21H2,1-3H3. The minimum absolute atomic E-state index is 0.148. The maximum Gasteiger partial charge on any atom is 0.129 e. The summed E-state index contributed by atoms with van der Waals surface area (Å²) in [5.41, 5.74) is 6.35. The molecule has 0 aromatic heterocycles. The molecule has 2 N–H and O–H groups in total. The second-order valence-corrected chi connectivity index (χ2v) is 7.72. The Hall–Kier alpha value is -0.960. The molecule has 118 valence electrons. The number of hydrogen-bond donors (Lipinski definition) is 1. The zero-order chi connectivity index (χ0) is 15.7. The third kappa shape index (κ3) is 3.63. The monoisotopic (exact) mass is 295 g/mol. The molecule has 1 aromatic carbocycles. The van der Waals surface area contributed by atoms with E-state index in [2.05, 4.69) is 20.8 Å². The molecular weight excluding hydrogens is 268 g/mol. The third-order valence-electron chi connectivity index (χ3n) is 5.32. The van der Waals surface area contributed by atoms with Gasteiger partial charge in [-0.1, -0.05) is 26.8 Å². The zero-order valence-corrected chi connectivity index (χ0v) is 13.4. The highest BCUT2D eigenvalue weighted by Crippen LogP contribution is 2.46. The van der Waals surface area contributed by atoms with Gasteiger partial charge in [-0.25, -0.2) is 8.78 Å². The van der Waals surface area contributed by atoms with Crippen molar-refractivity contribution in [1.29, 1.82) is 0 Å². The van der Waals surface area contributed by atoms with Crippen LogP contribution in [0.3, 0.4) is 0 Å². The molecule has 0 bridgehead atoms. The van der Waals surface area contributed by atoms with E-state index in [0.29, 0.717) is 24.3 Å². The number of benzene rings is 1. The van der Waals surface area contributed by atoms with E-state index >= 15 is 0 Å². The Morgan fingerprint density at radius 3 is 2.10 bits per heavy atom. The molecule has 1 aliphatic rings. The lowest BCUT2D eigenvalue weighted by Crippen LogP contribution is -2.39. The van der Waals surface area contributed by atoms with Crippen molar-refractivity contribution in [3.63, 3.8) is 0 Å². The maximum absolute atomic E-state index is 13.9. The SMILES string of the molecule is CC(C)(C)C1CCC(CN)(Cc2c(F)cccc2F)CC1. The first-order chi connectivity index (χ1) is 9.77. The fourth-order valence-corrected chi connectivity index (χ4v) is 3.63. The van der Waals surface area contributed by atoms with Crippen LogP contribution in [0.1, 0.15) is 52.0 Å². The van der Waals surface area contributed by atoms with E-state index in [9.17, 15) is 8.78 Å². The number of rotatable bonds is 3. The second kappa shape index (κ2) is 6.04. The molecule has 1 nitrogen and oxygen atoms in total. The van der Waals surface area contributed by atoms with Crippen LogP contribution in [0.15, 0.2) is 18.2 Å². The Balaban J connectivity index is 2.14. The van der Waals surface area contributed by atoms with Gasteiger partial charge in [0.05, 0.1) is 0 Å². The first kappa shape index (κ1) is 16.4. The Morgan fingerprint density at radius 2 is 1.67 bits per heavy atom. The summed E-state index contributed by atoms with van der Waals surface area (Å²) in [6.45, 7) is 7.30. The minimum atomic E-state index is -0.444. The molecule has 0 amide bonds. The van der Waals surface area contributed by atoms with Gasteiger partial charge < -0.3 is 5.73 Å². The van der Waals surface area contributed by atoms with Crippen molar-refractivity contribution in [2.24, 2.45) is 22.5 Å². The molecule has 0 atom stereocenters. The van der Waals surface area contributed by atoms with E-state index < -0.39 is 11.6 Å². The molecule has 0 saturated heterocycles. The fraction of sp³-hybridized carbons (Fsp3) is 0.667. The summed E-state index contributed by atoms with van der Waals surface area (Å²) in [6.07, 6.45) is 4.52. The van der Waals surface area contributed by atoms with Gasteiger partial charge in [0.1, 0.15) is 11.6 Å². The highest BCUT2D eigenvalue weighted by molar-refractivity contribution is 5.21. The number of nitrogens with two attached hydrogens (primary N) is 1. The molecule has 0 spiro atoms. The summed E-state index contributed by atoms with van der Waals surface area (Å²) in [6, 6.07) is 4.09. The molecule has 1 fully saturated rings. The van der Waals surface area contributed by atoms with Crippen molar-refractivity contribution >= 4 is 0 Å². The molecule has 3 heteroatoms. The van der Waals surface area contributed by atoms with E-state index in [1.807, 2.05) is 0 Å². The maximum atomic E-state index is 13.9. The average molecular weight is 295 g/mol. The summed E-state index contributed by atoms with van der Waals surface area (Å²) in [4.78, 5) is 0. The predicted octanol–water partition coefficient (Wildman–Crippen LogP) is 4.69. The number of halogens is 2. The number of hydrogen-bond acceptors (Lipinski definition) is 1. The van der Waals surface area contributed by atoms with Crippen LogP contribution in [0.25, 0.3) is 0 Å². The van der Waals surface area contributed by atoms with Gasteiger partial charge in [-0.3, -0.25) is 0 Å². The Labute approximate surface area is 126 Å². The Morgan fingerprint density at radius 1 is 1.14 bits per heavy atom. The van der Waals surface area contributed by atoms with E-state index in [0.717, 1.165) is 25.7 Å². The van der Waals surface area contributed by atoms with Crippen LogP contribution in [0.5, 0.6) is 0 Å². The third-order valence-corrected chi connectivity index (χ3v) is 5.32.